The van der Waals surface area contributed by atoms with Crippen LogP contribution in [0.2, 0.25) is 0 Å². The zero-order chi connectivity index (χ0) is 16.2. The van der Waals surface area contributed by atoms with Gasteiger partial charge in [0.2, 0.25) is 11.9 Å². The molecule has 3 rings (SSSR count). The highest BCUT2D eigenvalue weighted by molar-refractivity contribution is 5.96. The monoisotopic (exact) mass is 322 g/mol. The second-order valence-electron chi connectivity index (χ2n) is 5.48. The fourth-order valence-electron chi connectivity index (χ4n) is 2.75. The molecule has 1 amide bonds. The quantitative estimate of drug-likeness (QED) is 0.781. The summed E-state index contributed by atoms with van der Waals surface area (Å²) in [5.41, 5.74) is 6.53. The first-order valence-electron chi connectivity index (χ1n) is 7.75. The van der Waals surface area contributed by atoms with Crippen molar-refractivity contribution in [3.8, 4) is 0 Å². The van der Waals surface area contributed by atoms with Crippen LogP contribution in [0.4, 0.5) is 23.3 Å². The van der Waals surface area contributed by atoms with Crippen molar-refractivity contribution in [3.05, 3.63) is 0 Å². The molecule has 23 heavy (non-hydrogen) atoms. The predicted molar refractivity (Wildman–Crippen MR) is 86.8 cm³/mol. The van der Waals surface area contributed by atoms with Gasteiger partial charge in [-0.3, -0.25) is 4.79 Å². The minimum Gasteiger partial charge on any atom is -0.378 e. The van der Waals surface area contributed by atoms with E-state index in [9.17, 15) is 4.79 Å². The van der Waals surface area contributed by atoms with Crippen molar-refractivity contribution in [2.75, 3.05) is 73.5 Å². The molecule has 9 heteroatoms. The second-order valence-corrected chi connectivity index (χ2v) is 5.48. The van der Waals surface area contributed by atoms with Gasteiger partial charge < -0.3 is 30.3 Å². The summed E-state index contributed by atoms with van der Waals surface area (Å²) in [5.74, 6) is 1.33. The van der Waals surface area contributed by atoms with Crippen LogP contribution in [0, 0.1) is 0 Å². The van der Waals surface area contributed by atoms with Crippen molar-refractivity contribution in [3.63, 3.8) is 0 Å². The molecule has 0 spiro atoms. The Bertz CT molecular complexity index is 531. The molecule has 0 atom stereocenters. The fraction of sp³-hybridized carbons (Fsp3) is 0.643. The Hall–Kier alpha value is -2.13. The van der Waals surface area contributed by atoms with Gasteiger partial charge in [-0.05, 0) is 0 Å². The summed E-state index contributed by atoms with van der Waals surface area (Å²) in [6, 6.07) is 0. The van der Waals surface area contributed by atoms with Crippen molar-refractivity contribution >= 4 is 29.2 Å². The van der Waals surface area contributed by atoms with E-state index in [1.54, 1.807) is 0 Å². The van der Waals surface area contributed by atoms with Crippen molar-refractivity contribution < 1.29 is 14.3 Å². The fourth-order valence-corrected chi connectivity index (χ4v) is 2.75. The van der Waals surface area contributed by atoms with E-state index in [1.165, 1.54) is 6.92 Å². The molecule has 2 aliphatic rings. The number of carbonyl (C=O) groups is 1. The molecule has 0 saturated carbocycles. The lowest BCUT2D eigenvalue weighted by atomic mass is 10.3. The molecule has 2 saturated heterocycles. The first-order valence-corrected chi connectivity index (χ1v) is 7.75. The lowest BCUT2D eigenvalue weighted by Crippen LogP contribution is -2.40. The Morgan fingerprint density at radius 3 is 1.83 bits per heavy atom. The lowest BCUT2D eigenvalue weighted by molar-refractivity contribution is -0.114. The molecular weight excluding hydrogens is 300 g/mol. The number of ether oxygens (including phenoxy) is 2. The molecule has 0 unspecified atom stereocenters. The number of hydrogen-bond acceptors (Lipinski definition) is 8. The molecule has 1 aromatic rings. The summed E-state index contributed by atoms with van der Waals surface area (Å²) in [7, 11) is 0. The Balaban J connectivity index is 2.01. The highest BCUT2D eigenvalue weighted by Gasteiger charge is 2.25. The SMILES string of the molecule is CC(=O)Nc1c(N2CCOCC2)nc(N)nc1N1CCOCC1. The molecule has 9 nitrogen and oxygen atoms in total. The van der Waals surface area contributed by atoms with Crippen LogP contribution in [-0.2, 0) is 14.3 Å². The van der Waals surface area contributed by atoms with Gasteiger partial charge in [0, 0.05) is 33.1 Å². The van der Waals surface area contributed by atoms with Gasteiger partial charge in [0.1, 0.15) is 5.69 Å². The molecule has 2 fully saturated rings. The average molecular weight is 322 g/mol. The van der Waals surface area contributed by atoms with Crippen LogP contribution in [0.1, 0.15) is 6.92 Å². The normalized spacial score (nSPS) is 18.8. The molecular formula is C14H22N6O3. The van der Waals surface area contributed by atoms with Gasteiger partial charge in [0.25, 0.3) is 0 Å². The first kappa shape index (κ1) is 15.8. The predicted octanol–water partition coefficient (Wildman–Crippen LogP) is -0.310. The van der Waals surface area contributed by atoms with Crippen molar-refractivity contribution in [1.29, 1.82) is 0 Å². The van der Waals surface area contributed by atoms with Crippen LogP contribution in [0.25, 0.3) is 0 Å². The molecule has 0 radical (unpaired) electrons. The summed E-state index contributed by atoms with van der Waals surface area (Å²) in [5, 5.41) is 2.88. The zero-order valence-corrected chi connectivity index (χ0v) is 13.2. The van der Waals surface area contributed by atoms with Crippen LogP contribution in [0.5, 0.6) is 0 Å². The summed E-state index contributed by atoms with van der Waals surface area (Å²) < 4.78 is 10.8. The van der Waals surface area contributed by atoms with Crippen LogP contribution in [-0.4, -0.2) is 68.5 Å². The number of nitrogens with two attached hydrogens (primary N) is 1. The van der Waals surface area contributed by atoms with Crippen molar-refractivity contribution in [1.82, 2.24) is 9.97 Å². The summed E-state index contributed by atoms with van der Waals surface area (Å²) in [6.07, 6.45) is 0. The minimum atomic E-state index is -0.164. The number of anilines is 4. The Morgan fingerprint density at radius 1 is 1.00 bits per heavy atom. The maximum absolute atomic E-state index is 11.7. The summed E-state index contributed by atoms with van der Waals surface area (Å²) in [4.78, 5) is 24.6. The minimum absolute atomic E-state index is 0.164. The Morgan fingerprint density at radius 2 is 1.43 bits per heavy atom. The molecule has 2 aliphatic heterocycles. The molecule has 0 bridgehead atoms. The number of aromatic nitrogens is 2. The molecule has 3 heterocycles. The Kier molecular flexibility index (Phi) is 4.77. The van der Waals surface area contributed by atoms with E-state index in [0.29, 0.717) is 69.9 Å². The lowest BCUT2D eigenvalue weighted by Gasteiger charge is -2.33. The number of nitrogen functional groups attached to an aromatic ring is 1. The van der Waals surface area contributed by atoms with Crippen LogP contribution in [0.15, 0.2) is 0 Å². The van der Waals surface area contributed by atoms with Gasteiger partial charge in [0.15, 0.2) is 11.6 Å². The van der Waals surface area contributed by atoms with Crippen LogP contribution < -0.4 is 20.9 Å². The van der Waals surface area contributed by atoms with E-state index < -0.39 is 0 Å². The third-order valence-electron chi connectivity index (χ3n) is 3.81. The number of morpholine rings is 2. The third-order valence-corrected chi connectivity index (χ3v) is 3.81. The van der Waals surface area contributed by atoms with E-state index in [-0.39, 0.29) is 11.9 Å². The number of amides is 1. The largest absolute Gasteiger partial charge is 0.378 e. The van der Waals surface area contributed by atoms with E-state index in [1.807, 2.05) is 0 Å². The van der Waals surface area contributed by atoms with Crippen LogP contribution >= 0.6 is 0 Å². The maximum Gasteiger partial charge on any atom is 0.224 e. The highest BCUT2D eigenvalue weighted by atomic mass is 16.5. The number of rotatable bonds is 3. The number of nitrogens with zero attached hydrogens (tertiary/aromatic N) is 4. The zero-order valence-electron chi connectivity index (χ0n) is 13.2. The van der Waals surface area contributed by atoms with Gasteiger partial charge in [0.05, 0.1) is 26.4 Å². The number of nitrogens with one attached hydrogen (secondary N) is 1. The smallest absolute Gasteiger partial charge is 0.224 e. The third kappa shape index (κ3) is 3.62. The second kappa shape index (κ2) is 6.97. The maximum atomic E-state index is 11.7. The molecule has 3 N–H and O–H groups in total. The van der Waals surface area contributed by atoms with Gasteiger partial charge in [-0.2, -0.15) is 9.97 Å². The van der Waals surface area contributed by atoms with Crippen molar-refractivity contribution in [2.24, 2.45) is 0 Å². The van der Waals surface area contributed by atoms with E-state index >= 15 is 0 Å². The van der Waals surface area contributed by atoms with E-state index in [0.717, 1.165) is 0 Å². The summed E-state index contributed by atoms with van der Waals surface area (Å²) in [6.45, 7) is 6.76. The topological polar surface area (TPSA) is 106 Å². The highest BCUT2D eigenvalue weighted by Crippen LogP contribution is 2.34. The van der Waals surface area contributed by atoms with Gasteiger partial charge in [-0.15, -0.1) is 0 Å². The first-order chi connectivity index (χ1) is 11.1. The van der Waals surface area contributed by atoms with E-state index in [4.69, 9.17) is 15.2 Å². The number of hydrogen-bond donors (Lipinski definition) is 2. The standard InChI is InChI=1S/C14H22N6O3/c1-10(21)16-11-12(19-2-6-22-7-3-19)17-14(15)18-13(11)20-4-8-23-9-5-20/h2-9H2,1H3,(H,16,21)(H2,15,17,18). The summed E-state index contributed by atoms with van der Waals surface area (Å²) >= 11 is 0. The van der Waals surface area contributed by atoms with Crippen LogP contribution in [0.3, 0.4) is 0 Å². The number of carbonyl (C=O) groups excluding carboxylic acids is 1. The van der Waals surface area contributed by atoms with E-state index in [2.05, 4.69) is 25.1 Å². The molecule has 0 aliphatic carbocycles. The van der Waals surface area contributed by atoms with Gasteiger partial charge in [-0.1, -0.05) is 0 Å². The van der Waals surface area contributed by atoms with Gasteiger partial charge in [-0.25, -0.2) is 0 Å². The molecule has 1 aromatic heterocycles. The van der Waals surface area contributed by atoms with Crippen molar-refractivity contribution in [2.45, 2.75) is 6.92 Å². The average Bonchev–Trinajstić information content (AvgIpc) is 2.57. The Labute approximate surface area is 134 Å². The van der Waals surface area contributed by atoms with Gasteiger partial charge >= 0.3 is 0 Å². The molecule has 126 valence electrons. The molecule has 0 aromatic carbocycles.